The number of hydrogen-bond donors (Lipinski definition) is 2. The Hall–Kier alpha value is -1.60. The smallest absolute Gasteiger partial charge is 0.191 e. The molecule has 0 heterocycles. The molecule has 26 heavy (non-hydrogen) atoms. The minimum absolute atomic E-state index is 0. The first kappa shape index (κ1) is 22.4. The number of methoxy groups -OCH3 is 1. The van der Waals surface area contributed by atoms with E-state index in [0.29, 0.717) is 12.5 Å². The van der Waals surface area contributed by atoms with Gasteiger partial charge in [0, 0.05) is 27.2 Å². The Balaban J connectivity index is 0.00000338. The summed E-state index contributed by atoms with van der Waals surface area (Å²) in [5.41, 5.74) is 5.02. The lowest BCUT2D eigenvalue weighted by Crippen LogP contribution is -2.38. The summed E-state index contributed by atoms with van der Waals surface area (Å²) < 4.78 is 5.14. The lowest BCUT2D eigenvalue weighted by Gasteiger charge is -2.16. The highest BCUT2D eigenvalue weighted by molar-refractivity contribution is 14.0. The molecule has 0 amide bonds. The van der Waals surface area contributed by atoms with Crippen LogP contribution in [0.3, 0.4) is 0 Å². The fourth-order valence-electron chi connectivity index (χ4n) is 2.59. The van der Waals surface area contributed by atoms with Gasteiger partial charge >= 0.3 is 0 Å². The second kappa shape index (κ2) is 11.9. The van der Waals surface area contributed by atoms with Gasteiger partial charge in [-0.2, -0.15) is 0 Å². The summed E-state index contributed by atoms with van der Waals surface area (Å²) in [7, 11) is 3.51. The molecule has 0 aliphatic carbocycles. The third-order valence-corrected chi connectivity index (χ3v) is 4.24. The highest BCUT2D eigenvalue weighted by Gasteiger charge is 2.06. The highest BCUT2D eigenvalue weighted by Crippen LogP contribution is 2.14. The van der Waals surface area contributed by atoms with Crippen molar-refractivity contribution in [3.8, 4) is 0 Å². The van der Waals surface area contributed by atoms with Crippen LogP contribution in [0, 0.1) is 6.92 Å². The van der Waals surface area contributed by atoms with Gasteiger partial charge in [0.05, 0.1) is 6.61 Å². The zero-order chi connectivity index (χ0) is 18.1. The molecule has 2 aromatic carbocycles. The predicted octanol–water partition coefficient (Wildman–Crippen LogP) is 4.23. The average molecular weight is 467 g/mol. The van der Waals surface area contributed by atoms with Crippen LogP contribution in [-0.4, -0.2) is 26.7 Å². The summed E-state index contributed by atoms with van der Waals surface area (Å²) in [6.45, 7) is 6.56. The number of halogens is 1. The molecule has 0 aliphatic rings. The summed E-state index contributed by atoms with van der Waals surface area (Å²) in [5.74, 6) is 1.24. The van der Waals surface area contributed by atoms with Gasteiger partial charge in [0.15, 0.2) is 5.96 Å². The number of aliphatic imine (C=N–C) groups is 1. The van der Waals surface area contributed by atoms with Crippen molar-refractivity contribution in [2.24, 2.45) is 4.99 Å². The van der Waals surface area contributed by atoms with Gasteiger partial charge < -0.3 is 15.4 Å². The molecule has 0 bridgehead atoms. The van der Waals surface area contributed by atoms with Crippen molar-refractivity contribution in [3.05, 3.63) is 70.8 Å². The van der Waals surface area contributed by atoms with Gasteiger partial charge in [0.2, 0.25) is 0 Å². The van der Waals surface area contributed by atoms with Gasteiger partial charge in [-0.3, -0.25) is 4.99 Å². The van der Waals surface area contributed by atoms with Crippen molar-refractivity contribution in [2.45, 2.75) is 32.9 Å². The number of aryl methyl sites for hydroxylation is 1. The first-order chi connectivity index (χ1) is 12.1. The Morgan fingerprint density at radius 3 is 2.19 bits per heavy atom. The average Bonchev–Trinajstić information content (AvgIpc) is 2.63. The lowest BCUT2D eigenvalue weighted by molar-refractivity contribution is 0.185. The Morgan fingerprint density at radius 1 is 1.00 bits per heavy atom. The molecule has 0 fully saturated rings. The van der Waals surface area contributed by atoms with Crippen LogP contribution in [0.2, 0.25) is 0 Å². The number of nitrogens with zero attached hydrogens (tertiary/aromatic N) is 1. The summed E-state index contributed by atoms with van der Waals surface area (Å²) in [4.78, 5) is 4.30. The van der Waals surface area contributed by atoms with E-state index in [4.69, 9.17) is 4.74 Å². The zero-order valence-electron chi connectivity index (χ0n) is 16.1. The van der Waals surface area contributed by atoms with E-state index in [1.165, 1.54) is 22.3 Å². The van der Waals surface area contributed by atoms with E-state index < -0.39 is 0 Å². The van der Waals surface area contributed by atoms with E-state index in [0.717, 1.165) is 19.0 Å². The fourth-order valence-corrected chi connectivity index (χ4v) is 2.59. The second-order valence-corrected chi connectivity index (χ2v) is 6.37. The van der Waals surface area contributed by atoms with Gasteiger partial charge in [-0.25, -0.2) is 0 Å². The quantitative estimate of drug-likeness (QED) is 0.364. The first-order valence-electron chi connectivity index (χ1n) is 8.70. The molecule has 0 aromatic heterocycles. The van der Waals surface area contributed by atoms with Crippen LogP contribution >= 0.6 is 24.0 Å². The first-order valence-corrected chi connectivity index (χ1v) is 8.70. The van der Waals surface area contributed by atoms with Gasteiger partial charge in [-0.15, -0.1) is 24.0 Å². The number of guanidine groups is 1. The summed E-state index contributed by atoms with van der Waals surface area (Å²) in [5, 5.41) is 6.76. The molecule has 5 heteroatoms. The number of hydrogen-bond acceptors (Lipinski definition) is 2. The van der Waals surface area contributed by atoms with Crippen molar-refractivity contribution in [1.29, 1.82) is 0 Å². The van der Waals surface area contributed by atoms with Crippen LogP contribution in [0.4, 0.5) is 0 Å². The van der Waals surface area contributed by atoms with Gasteiger partial charge in [-0.05, 0) is 29.5 Å². The van der Waals surface area contributed by atoms with E-state index in [1.54, 1.807) is 14.2 Å². The van der Waals surface area contributed by atoms with Crippen LogP contribution < -0.4 is 10.6 Å². The maximum atomic E-state index is 5.14. The summed E-state index contributed by atoms with van der Waals surface area (Å²) >= 11 is 0. The second-order valence-electron chi connectivity index (χ2n) is 6.37. The zero-order valence-corrected chi connectivity index (χ0v) is 18.4. The van der Waals surface area contributed by atoms with Crippen molar-refractivity contribution < 1.29 is 4.74 Å². The maximum Gasteiger partial charge on any atom is 0.191 e. The fraction of sp³-hybridized carbons (Fsp3) is 0.381. The predicted molar refractivity (Wildman–Crippen MR) is 120 cm³/mol. The van der Waals surface area contributed by atoms with Crippen molar-refractivity contribution >= 4 is 29.9 Å². The summed E-state index contributed by atoms with van der Waals surface area (Å²) in [6.07, 6.45) is 0. The highest BCUT2D eigenvalue weighted by atomic mass is 127. The van der Waals surface area contributed by atoms with Crippen LogP contribution in [0.5, 0.6) is 0 Å². The Kier molecular flexibility index (Phi) is 10.3. The summed E-state index contributed by atoms with van der Waals surface area (Å²) in [6, 6.07) is 17.1. The van der Waals surface area contributed by atoms with Gasteiger partial charge in [-0.1, -0.05) is 61.0 Å². The molecule has 0 saturated carbocycles. The third-order valence-electron chi connectivity index (χ3n) is 4.24. The standard InChI is InChI=1S/C21H29N3O.HI/c1-16-5-11-20(12-6-16)17(2)13-23-21(22-3)24-14-18-7-9-19(10-8-18)15-25-4;/h5-12,17H,13-15H2,1-4H3,(H2,22,23,24);1H. The van der Waals surface area contributed by atoms with Gasteiger partial charge in [0.1, 0.15) is 0 Å². The minimum atomic E-state index is 0. The molecule has 1 unspecified atom stereocenters. The third kappa shape index (κ3) is 7.33. The molecule has 1 atom stereocenters. The van der Waals surface area contributed by atoms with E-state index in [9.17, 15) is 0 Å². The molecule has 0 saturated heterocycles. The van der Waals surface area contributed by atoms with E-state index in [-0.39, 0.29) is 24.0 Å². The molecular weight excluding hydrogens is 437 g/mol. The van der Waals surface area contributed by atoms with E-state index >= 15 is 0 Å². The maximum absolute atomic E-state index is 5.14. The Bertz CT molecular complexity index is 669. The normalized spacial score (nSPS) is 12.2. The molecule has 0 spiro atoms. The van der Waals surface area contributed by atoms with Crippen LogP contribution in [0.1, 0.15) is 35.1 Å². The van der Waals surface area contributed by atoms with E-state index in [1.807, 2.05) is 0 Å². The molecule has 2 N–H and O–H groups in total. The number of nitrogens with one attached hydrogen (secondary N) is 2. The van der Waals surface area contributed by atoms with Crippen molar-refractivity contribution in [2.75, 3.05) is 20.7 Å². The topological polar surface area (TPSA) is 45.7 Å². The van der Waals surface area contributed by atoms with Crippen LogP contribution in [0.25, 0.3) is 0 Å². The minimum Gasteiger partial charge on any atom is -0.380 e. The van der Waals surface area contributed by atoms with Crippen LogP contribution in [0.15, 0.2) is 53.5 Å². The molecule has 2 rings (SSSR count). The Labute approximate surface area is 174 Å². The number of rotatable bonds is 7. The molecular formula is C21H30IN3O. The number of ether oxygens (including phenoxy) is 1. The molecule has 4 nitrogen and oxygen atoms in total. The molecule has 0 aliphatic heterocycles. The molecule has 0 radical (unpaired) electrons. The van der Waals surface area contributed by atoms with Crippen molar-refractivity contribution in [3.63, 3.8) is 0 Å². The number of benzene rings is 2. The monoisotopic (exact) mass is 467 g/mol. The largest absolute Gasteiger partial charge is 0.380 e. The van der Waals surface area contributed by atoms with E-state index in [2.05, 4.69) is 78.0 Å². The molecule has 142 valence electrons. The van der Waals surface area contributed by atoms with Crippen molar-refractivity contribution in [1.82, 2.24) is 10.6 Å². The van der Waals surface area contributed by atoms with Crippen LogP contribution in [-0.2, 0) is 17.9 Å². The SMILES string of the molecule is CN=C(NCc1ccc(COC)cc1)NCC(C)c1ccc(C)cc1.I. The lowest BCUT2D eigenvalue weighted by atomic mass is 10.0. The van der Waals surface area contributed by atoms with Gasteiger partial charge in [0.25, 0.3) is 0 Å². The molecule has 2 aromatic rings. The Morgan fingerprint density at radius 2 is 1.62 bits per heavy atom.